The monoisotopic (exact) mass is 539 g/mol. The number of anilines is 3. The second kappa shape index (κ2) is 11.5. The largest absolute Gasteiger partial charge is 0.476 e. The molecule has 1 amide bonds. The summed E-state index contributed by atoms with van der Waals surface area (Å²) in [5.74, 6) is -1.70. The number of rotatable bonds is 6. The predicted molar refractivity (Wildman–Crippen MR) is 164 cm³/mol. The van der Waals surface area contributed by atoms with E-state index in [0.717, 1.165) is 36.4 Å². The van der Waals surface area contributed by atoms with Gasteiger partial charge in [-0.3, -0.25) is 4.79 Å². The van der Waals surface area contributed by atoms with Gasteiger partial charge < -0.3 is 10.0 Å². The Labute approximate surface area is 239 Å². The lowest BCUT2D eigenvalue weighted by Gasteiger charge is -2.25. The molecule has 0 atom stereocenters. The van der Waals surface area contributed by atoms with Crippen molar-refractivity contribution in [3.05, 3.63) is 132 Å². The van der Waals surface area contributed by atoms with Crippen LogP contribution in [0.5, 0.6) is 0 Å². The molecule has 41 heavy (non-hydrogen) atoms. The van der Waals surface area contributed by atoms with E-state index in [2.05, 4.69) is 76.7 Å². The van der Waals surface area contributed by atoms with Gasteiger partial charge in [0.15, 0.2) is 5.71 Å². The second-order valence-electron chi connectivity index (χ2n) is 10.1. The standard InChI is InChI=1S/C35H29N3O3/c39-34-31(33(35(40)41)36-38(34)30-14-5-2-6-15-30)16-9-10-25-17-22-32-28(24-25)13-7-8-23-37(32)29-20-18-27(19-21-29)26-11-3-1-4-12-26/h1-6,9-12,14-22,24H,7-8,13,23H2,(H,40,41)/b10-9+,31-16-. The average molecular weight is 540 g/mol. The third-order valence-corrected chi connectivity index (χ3v) is 7.39. The van der Waals surface area contributed by atoms with Crippen LogP contribution in [0.3, 0.4) is 0 Å². The van der Waals surface area contributed by atoms with Crippen molar-refractivity contribution in [2.45, 2.75) is 19.3 Å². The highest BCUT2D eigenvalue weighted by Crippen LogP contribution is 2.35. The fourth-order valence-electron chi connectivity index (χ4n) is 5.33. The number of allylic oxidation sites excluding steroid dienone is 2. The number of carbonyl (C=O) groups is 2. The number of aliphatic carboxylic acids is 1. The average Bonchev–Trinajstić information content (AvgIpc) is 3.20. The number of hydrazone groups is 1. The van der Waals surface area contributed by atoms with Gasteiger partial charge in [0.2, 0.25) is 0 Å². The van der Waals surface area contributed by atoms with Crippen LogP contribution >= 0.6 is 0 Å². The van der Waals surface area contributed by atoms with Gasteiger partial charge in [0.25, 0.3) is 5.91 Å². The lowest BCUT2D eigenvalue weighted by molar-refractivity contribution is -0.129. The molecule has 0 saturated carbocycles. The molecule has 6 rings (SSSR count). The minimum Gasteiger partial charge on any atom is -0.476 e. The first kappa shape index (κ1) is 26.0. The summed E-state index contributed by atoms with van der Waals surface area (Å²) in [7, 11) is 0. The van der Waals surface area contributed by atoms with E-state index in [1.54, 1.807) is 30.3 Å². The van der Waals surface area contributed by atoms with Crippen molar-refractivity contribution < 1.29 is 14.7 Å². The maximum Gasteiger partial charge on any atom is 0.357 e. The van der Waals surface area contributed by atoms with Crippen LogP contribution in [-0.2, 0) is 16.0 Å². The molecule has 4 aromatic carbocycles. The SMILES string of the molecule is O=C(O)C1=NN(c2ccccc2)C(=O)/C1=C\C=C\c1ccc2c(c1)CCCCN2c1ccc(-c2ccccc2)cc1. The van der Waals surface area contributed by atoms with Crippen molar-refractivity contribution in [2.75, 3.05) is 16.5 Å². The van der Waals surface area contributed by atoms with Crippen molar-refractivity contribution in [3.63, 3.8) is 0 Å². The third kappa shape index (κ3) is 5.45. The summed E-state index contributed by atoms with van der Waals surface area (Å²) in [6, 6.07) is 34.3. The van der Waals surface area contributed by atoms with Crippen LogP contribution in [0.15, 0.2) is 126 Å². The van der Waals surface area contributed by atoms with Crippen LogP contribution in [0.1, 0.15) is 24.0 Å². The van der Waals surface area contributed by atoms with Gasteiger partial charge in [-0.25, -0.2) is 4.79 Å². The summed E-state index contributed by atoms with van der Waals surface area (Å²) in [6.07, 6.45) is 8.34. The van der Waals surface area contributed by atoms with Gasteiger partial charge in [-0.2, -0.15) is 10.1 Å². The molecule has 1 N–H and O–H groups in total. The molecule has 2 heterocycles. The zero-order valence-electron chi connectivity index (χ0n) is 22.5. The van der Waals surface area contributed by atoms with E-state index >= 15 is 0 Å². The Morgan fingerprint density at radius 3 is 2.24 bits per heavy atom. The van der Waals surface area contributed by atoms with E-state index in [9.17, 15) is 14.7 Å². The van der Waals surface area contributed by atoms with E-state index in [0.29, 0.717) is 5.69 Å². The van der Waals surface area contributed by atoms with Crippen molar-refractivity contribution in [1.29, 1.82) is 0 Å². The fraction of sp³-hybridized carbons (Fsp3) is 0.114. The Kier molecular flexibility index (Phi) is 7.28. The van der Waals surface area contributed by atoms with Gasteiger partial charge >= 0.3 is 5.97 Å². The quantitative estimate of drug-likeness (QED) is 0.262. The van der Waals surface area contributed by atoms with Crippen molar-refractivity contribution >= 4 is 40.7 Å². The molecule has 2 aliphatic rings. The Balaban J connectivity index is 1.23. The number of carboxylic acids is 1. The van der Waals surface area contributed by atoms with Crippen LogP contribution < -0.4 is 9.91 Å². The van der Waals surface area contributed by atoms with Crippen molar-refractivity contribution in [2.24, 2.45) is 5.10 Å². The van der Waals surface area contributed by atoms with E-state index in [1.807, 2.05) is 18.2 Å². The number of benzene rings is 4. The van der Waals surface area contributed by atoms with Crippen LogP contribution in [0, 0.1) is 0 Å². The van der Waals surface area contributed by atoms with E-state index in [-0.39, 0.29) is 11.3 Å². The molecule has 4 aromatic rings. The lowest BCUT2D eigenvalue weighted by Crippen LogP contribution is -2.22. The van der Waals surface area contributed by atoms with Gasteiger partial charge in [0, 0.05) is 17.9 Å². The molecule has 0 spiro atoms. The number of hydrogen-bond donors (Lipinski definition) is 1. The predicted octanol–water partition coefficient (Wildman–Crippen LogP) is 7.26. The summed E-state index contributed by atoms with van der Waals surface area (Å²) >= 11 is 0. The number of aryl methyl sites for hydroxylation is 1. The molecular formula is C35H29N3O3. The van der Waals surface area contributed by atoms with Gasteiger partial charge in [0.1, 0.15) is 0 Å². The van der Waals surface area contributed by atoms with Crippen LogP contribution in [0.4, 0.5) is 17.1 Å². The first-order chi connectivity index (χ1) is 20.1. The van der Waals surface area contributed by atoms with Gasteiger partial charge in [-0.1, -0.05) is 78.9 Å². The maximum atomic E-state index is 13.0. The third-order valence-electron chi connectivity index (χ3n) is 7.39. The van der Waals surface area contributed by atoms with Gasteiger partial charge in [0.05, 0.1) is 11.3 Å². The molecule has 0 aliphatic carbocycles. The topological polar surface area (TPSA) is 73.2 Å². The lowest BCUT2D eigenvalue weighted by atomic mass is 10.0. The zero-order chi connectivity index (χ0) is 28.2. The number of nitrogens with zero attached hydrogens (tertiary/aromatic N) is 3. The Bertz CT molecular complexity index is 1670. The van der Waals surface area contributed by atoms with Crippen molar-refractivity contribution in [3.8, 4) is 11.1 Å². The van der Waals surface area contributed by atoms with Crippen molar-refractivity contribution in [1.82, 2.24) is 0 Å². The van der Waals surface area contributed by atoms with E-state index < -0.39 is 11.9 Å². The highest BCUT2D eigenvalue weighted by Gasteiger charge is 2.34. The minimum atomic E-state index is -1.24. The smallest absolute Gasteiger partial charge is 0.357 e. The summed E-state index contributed by atoms with van der Waals surface area (Å²) < 4.78 is 0. The Morgan fingerprint density at radius 2 is 1.51 bits per heavy atom. The maximum absolute atomic E-state index is 13.0. The number of carbonyl (C=O) groups excluding carboxylic acids is 1. The van der Waals surface area contributed by atoms with E-state index in [1.165, 1.54) is 34.1 Å². The molecular weight excluding hydrogens is 510 g/mol. The molecule has 6 heteroatoms. The molecule has 0 bridgehead atoms. The molecule has 0 fully saturated rings. The minimum absolute atomic E-state index is 0.0532. The molecule has 2 aliphatic heterocycles. The second-order valence-corrected chi connectivity index (χ2v) is 10.1. The molecule has 202 valence electrons. The normalized spacial score (nSPS) is 16.1. The summed E-state index contributed by atoms with van der Waals surface area (Å²) in [5, 5.41) is 14.9. The number of amides is 1. The highest BCUT2D eigenvalue weighted by molar-refractivity contribution is 6.52. The van der Waals surface area contributed by atoms with E-state index in [4.69, 9.17) is 0 Å². The summed E-state index contributed by atoms with van der Waals surface area (Å²) in [5.41, 5.74) is 7.34. The van der Waals surface area contributed by atoms with Gasteiger partial charge in [-0.15, -0.1) is 0 Å². The zero-order valence-corrected chi connectivity index (χ0v) is 22.5. The first-order valence-corrected chi connectivity index (χ1v) is 13.7. The summed E-state index contributed by atoms with van der Waals surface area (Å²) in [6.45, 7) is 0.955. The number of hydrogen-bond acceptors (Lipinski definition) is 4. The number of carboxylic acid groups (broad SMARTS) is 1. The van der Waals surface area contributed by atoms with Crippen LogP contribution in [0.25, 0.3) is 17.2 Å². The molecule has 0 unspecified atom stereocenters. The number of fused-ring (bicyclic) bond motifs is 1. The number of para-hydroxylation sites is 1. The molecule has 0 radical (unpaired) electrons. The Hall–Kier alpha value is -5.23. The molecule has 0 aromatic heterocycles. The van der Waals surface area contributed by atoms with Crippen LogP contribution in [0.2, 0.25) is 0 Å². The summed E-state index contributed by atoms with van der Waals surface area (Å²) in [4.78, 5) is 27.2. The van der Waals surface area contributed by atoms with Gasteiger partial charge in [-0.05, 0) is 84.0 Å². The molecule has 0 saturated heterocycles. The Morgan fingerprint density at radius 1 is 0.805 bits per heavy atom. The highest BCUT2D eigenvalue weighted by atomic mass is 16.4. The van der Waals surface area contributed by atoms with Crippen LogP contribution in [-0.4, -0.2) is 29.2 Å². The molecule has 6 nitrogen and oxygen atoms in total. The fourth-order valence-corrected chi connectivity index (χ4v) is 5.33. The first-order valence-electron chi connectivity index (χ1n) is 13.7.